The van der Waals surface area contributed by atoms with Gasteiger partial charge in [-0.3, -0.25) is 9.36 Å². The first kappa shape index (κ1) is 21.8. The molecule has 0 unspecified atom stereocenters. The van der Waals surface area contributed by atoms with Crippen LogP contribution in [0.15, 0.2) is 59.7 Å². The molecule has 6 nitrogen and oxygen atoms in total. The van der Waals surface area contributed by atoms with Gasteiger partial charge in [0.2, 0.25) is 0 Å². The molecule has 4 aromatic rings. The van der Waals surface area contributed by atoms with Crippen LogP contribution in [0.5, 0.6) is 5.75 Å². The Hall–Kier alpha value is -3.45. The molecule has 0 radical (unpaired) electrons. The molecule has 0 aliphatic heterocycles. The summed E-state index contributed by atoms with van der Waals surface area (Å²) in [4.78, 5) is 31.0. The third-order valence-electron chi connectivity index (χ3n) is 5.11. The first-order valence-corrected chi connectivity index (χ1v) is 11.1. The van der Waals surface area contributed by atoms with E-state index in [0.717, 1.165) is 22.4 Å². The number of fused-ring (bicyclic) bond motifs is 1. The van der Waals surface area contributed by atoms with Crippen LogP contribution in [-0.2, 0) is 17.9 Å². The smallest absolute Gasteiger partial charge is 0.349 e. The van der Waals surface area contributed by atoms with Crippen LogP contribution in [-0.4, -0.2) is 22.1 Å². The van der Waals surface area contributed by atoms with Crippen molar-refractivity contribution in [2.45, 2.75) is 33.9 Å². The monoisotopic (exact) mass is 448 g/mol. The van der Waals surface area contributed by atoms with Crippen molar-refractivity contribution >= 4 is 27.5 Å². The summed E-state index contributed by atoms with van der Waals surface area (Å²) in [5.74, 6) is 0.332. The Morgan fingerprint density at radius 3 is 2.50 bits per heavy atom. The summed E-state index contributed by atoms with van der Waals surface area (Å²) in [5.41, 5.74) is 3.57. The minimum absolute atomic E-state index is 0.181. The maximum absolute atomic E-state index is 13.0. The van der Waals surface area contributed by atoms with Gasteiger partial charge in [-0.15, -0.1) is 11.3 Å². The number of aryl methyl sites for hydroxylation is 3. The zero-order chi connectivity index (χ0) is 22.7. The third-order valence-corrected chi connectivity index (χ3v) is 6.29. The summed E-state index contributed by atoms with van der Waals surface area (Å²) < 4.78 is 12.8. The second kappa shape index (κ2) is 9.36. The van der Waals surface area contributed by atoms with Gasteiger partial charge < -0.3 is 9.47 Å². The lowest BCUT2D eigenvalue weighted by Crippen LogP contribution is -2.23. The molecular formula is C25H24N2O4S. The number of esters is 1. The SMILES string of the molecule is Cc1cc(C)cc(OCCn2cnc3sc(C(=O)OCc4ccccc4)c(C)c3c2=O)c1. The van der Waals surface area contributed by atoms with Crippen molar-refractivity contribution in [1.29, 1.82) is 0 Å². The molecular weight excluding hydrogens is 424 g/mol. The van der Waals surface area contributed by atoms with Gasteiger partial charge in [0, 0.05) is 0 Å². The predicted octanol–water partition coefficient (Wildman–Crippen LogP) is 4.82. The number of aromatic nitrogens is 2. The zero-order valence-electron chi connectivity index (χ0n) is 18.3. The normalized spacial score (nSPS) is 11.0. The number of benzene rings is 2. The van der Waals surface area contributed by atoms with Gasteiger partial charge in [-0.1, -0.05) is 36.4 Å². The third kappa shape index (κ3) is 4.73. The van der Waals surface area contributed by atoms with Crippen LogP contribution >= 0.6 is 11.3 Å². The summed E-state index contributed by atoms with van der Waals surface area (Å²) >= 11 is 1.18. The number of ether oxygens (including phenoxy) is 2. The molecule has 0 spiro atoms. The first-order valence-electron chi connectivity index (χ1n) is 10.3. The molecule has 0 N–H and O–H groups in total. The van der Waals surface area contributed by atoms with Crippen molar-refractivity contribution in [3.8, 4) is 5.75 Å². The maximum atomic E-state index is 13.0. The van der Waals surface area contributed by atoms with Crippen LogP contribution in [0.25, 0.3) is 10.2 Å². The number of nitrogens with zero attached hydrogens (tertiary/aromatic N) is 2. The molecule has 0 amide bonds. The van der Waals surface area contributed by atoms with Crippen molar-refractivity contribution in [2.75, 3.05) is 6.61 Å². The van der Waals surface area contributed by atoms with E-state index in [9.17, 15) is 9.59 Å². The van der Waals surface area contributed by atoms with E-state index in [4.69, 9.17) is 9.47 Å². The summed E-state index contributed by atoms with van der Waals surface area (Å²) in [5, 5.41) is 0.454. The number of hydrogen-bond acceptors (Lipinski definition) is 6. The van der Waals surface area contributed by atoms with E-state index in [-0.39, 0.29) is 12.2 Å². The maximum Gasteiger partial charge on any atom is 0.349 e. The van der Waals surface area contributed by atoms with Crippen molar-refractivity contribution in [1.82, 2.24) is 9.55 Å². The van der Waals surface area contributed by atoms with E-state index in [1.54, 1.807) is 6.92 Å². The molecule has 0 bridgehead atoms. The minimum atomic E-state index is -0.446. The number of carbonyl (C=O) groups is 1. The Morgan fingerprint density at radius 2 is 1.78 bits per heavy atom. The van der Waals surface area contributed by atoms with Gasteiger partial charge in [-0.05, 0) is 55.2 Å². The molecule has 0 saturated carbocycles. The lowest BCUT2D eigenvalue weighted by atomic mass is 10.1. The molecule has 7 heteroatoms. The summed E-state index contributed by atoms with van der Waals surface area (Å²) in [6.45, 7) is 6.68. The quantitative estimate of drug-likeness (QED) is 0.379. The van der Waals surface area contributed by atoms with E-state index in [2.05, 4.69) is 11.1 Å². The Kier molecular flexibility index (Phi) is 6.37. The van der Waals surface area contributed by atoms with Crippen molar-refractivity contribution in [2.24, 2.45) is 0 Å². The molecule has 32 heavy (non-hydrogen) atoms. The standard InChI is InChI=1S/C25H24N2O4S/c1-16-11-17(2)13-20(12-16)30-10-9-27-15-26-23-21(24(27)28)18(3)22(32-23)25(29)31-14-19-7-5-4-6-8-19/h4-8,11-13,15H,9-10,14H2,1-3H3. The van der Waals surface area contributed by atoms with Crippen molar-refractivity contribution < 1.29 is 14.3 Å². The number of carbonyl (C=O) groups excluding carboxylic acids is 1. The molecule has 0 atom stereocenters. The molecule has 164 valence electrons. The van der Waals surface area contributed by atoms with E-state index in [1.165, 1.54) is 22.2 Å². The molecule has 0 fully saturated rings. The molecule has 2 aromatic heterocycles. The fourth-order valence-electron chi connectivity index (χ4n) is 3.58. The number of hydrogen-bond donors (Lipinski definition) is 0. The average molecular weight is 449 g/mol. The highest BCUT2D eigenvalue weighted by Crippen LogP contribution is 2.27. The van der Waals surface area contributed by atoms with Gasteiger partial charge in [0.1, 0.15) is 28.7 Å². The van der Waals surface area contributed by atoms with Crippen LogP contribution in [0.3, 0.4) is 0 Å². The molecule has 0 saturated heterocycles. The van der Waals surface area contributed by atoms with E-state index < -0.39 is 5.97 Å². The van der Waals surface area contributed by atoms with E-state index in [0.29, 0.717) is 33.8 Å². The lowest BCUT2D eigenvalue weighted by molar-refractivity contribution is 0.0478. The van der Waals surface area contributed by atoms with Crippen LogP contribution in [0.4, 0.5) is 0 Å². The highest BCUT2D eigenvalue weighted by Gasteiger charge is 2.20. The second-order valence-electron chi connectivity index (χ2n) is 7.71. The summed E-state index contributed by atoms with van der Waals surface area (Å²) in [6.07, 6.45) is 1.50. The lowest BCUT2D eigenvalue weighted by Gasteiger charge is -2.09. The molecule has 0 aliphatic rings. The fraction of sp³-hybridized carbons (Fsp3) is 0.240. The highest BCUT2D eigenvalue weighted by molar-refractivity contribution is 7.20. The van der Waals surface area contributed by atoms with Crippen LogP contribution in [0.2, 0.25) is 0 Å². The molecule has 0 aliphatic carbocycles. The number of thiophene rings is 1. The van der Waals surface area contributed by atoms with Gasteiger partial charge in [0.05, 0.1) is 18.3 Å². The van der Waals surface area contributed by atoms with Crippen LogP contribution in [0, 0.1) is 20.8 Å². The second-order valence-corrected chi connectivity index (χ2v) is 8.71. The van der Waals surface area contributed by atoms with E-state index >= 15 is 0 Å². The first-order chi connectivity index (χ1) is 15.4. The summed E-state index contributed by atoms with van der Waals surface area (Å²) in [6, 6.07) is 15.5. The van der Waals surface area contributed by atoms with Crippen molar-refractivity contribution in [3.63, 3.8) is 0 Å². The van der Waals surface area contributed by atoms with E-state index in [1.807, 2.05) is 56.3 Å². The van der Waals surface area contributed by atoms with Gasteiger partial charge in [-0.2, -0.15) is 0 Å². The average Bonchev–Trinajstić information content (AvgIpc) is 3.11. The van der Waals surface area contributed by atoms with Gasteiger partial charge in [-0.25, -0.2) is 9.78 Å². The zero-order valence-corrected chi connectivity index (χ0v) is 19.1. The largest absolute Gasteiger partial charge is 0.492 e. The fourth-order valence-corrected chi connectivity index (χ4v) is 4.61. The van der Waals surface area contributed by atoms with Crippen molar-refractivity contribution in [3.05, 3.63) is 92.3 Å². The Bertz CT molecular complexity index is 1310. The Balaban J connectivity index is 1.49. The molecule has 2 aromatic carbocycles. The van der Waals surface area contributed by atoms with Crippen LogP contribution in [0.1, 0.15) is 31.9 Å². The minimum Gasteiger partial charge on any atom is -0.492 e. The van der Waals surface area contributed by atoms with Gasteiger partial charge in [0.25, 0.3) is 5.56 Å². The highest BCUT2D eigenvalue weighted by atomic mass is 32.1. The predicted molar refractivity (Wildman–Crippen MR) is 126 cm³/mol. The molecule has 4 rings (SSSR count). The molecule has 2 heterocycles. The Labute approximate surface area is 190 Å². The summed E-state index contributed by atoms with van der Waals surface area (Å²) in [7, 11) is 0. The van der Waals surface area contributed by atoms with Gasteiger partial charge in [0.15, 0.2) is 0 Å². The van der Waals surface area contributed by atoms with Crippen LogP contribution < -0.4 is 10.3 Å². The number of rotatable bonds is 7. The van der Waals surface area contributed by atoms with Gasteiger partial charge >= 0.3 is 5.97 Å². The Morgan fingerprint density at radius 1 is 1.06 bits per heavy atom. The topological polar surface area (TPSA) is 70.4 Å².